The highest BCUT2D eigenvalue weighted by atomic mass is 16.4. The van der Waals surface area contributed by atoms with Crippen LogP contribution in [-0.4, -0.2) is 45.7 Å². The molecule has 1 amide bonds. The van der Waals surface area contributed by atoms with Crippen molar-refractivity contribution in [3.05, 3.63) is 35.4 Å². The van der Waals surface area contributed by atoms with Crippen molar-refractivity contribution in [3.63, 3.8) is 0 Å². The lowest BCUT2D eigenvalue weighted by atomic mass is 9.91. The molecule has 0 aliphatic carbocycles. The SMILES string of the molecule is CCc1ccc(CCC(=O)N2CCC(O)(C(=O)O)CC2)cc1. The Kier molecular flexibility index (Phi) is 5.19. The van der Waals surface area contributed by atoms with Crippen molar-refractivity contribution in [1.82, 2.24) is 4.90 Å². The van der Waals surface area contributed by atoms with E-state index in [0.29, 0.717) is 25.9 Å². The number of rotatable bonds is 5. The second-order valence-corrected chi connectivity index (χ2v) is 5.89. The van der Waals surface area contributed by atoms with E-state index in [4.69, 9.17) is 5.11 Å². The number of carboxylic acids is 1. The first kappa shape index (κ1) is 16.5. The average molecular weight is 305 g/mol. The number of piperidine rings is 1. The maximum atomic E-state index is 12.2. The van der Waals surface area contributed by atoms with Crippen molar-refractivity contribution in [2.45, 2.75) is 44.6 Å². The number of hydrogen-bond donors (Lipinski definition) is 2. The molecular weight excluding hydrogens is 282 g/mol. The Hall–Kier alpha value is -1.88. The Morgan fingerprint density at radius 3 is 2.18 bits per heavy atom. The minimum absolute atomic E-state index is 0.0204. The summed E-state index contributed by atoms with van der Waals surface area (Å²) >= 11 is 0. The summed E-state index contributed by atoms with van der Waals surface area (Å²) in [6.45, 7) is 2.71. The molecule has 0 bridgehead atoms. The van der Waals surface area contributed by atoms with Gasteiger partial charge in [0, 0.05) is 32.4 Å². The zero-order chi connectivity index (χ0) is 16.2. The first-order valence-corrected chi connectivity index (χ1v) is 7.76. The molecule has 1 saturated heterocycles. The van der Waals surface area contributed by atoms with Crippen LogP contribution in [0.3, 0.4) is 0 Å². The van der Waals surface area contributed by atoms with Crippen LogP contribution in [0.25, 0.3) is 0 Å². The van der Waals surface area contributed by atoms with Crippen LogP contribution in [0.1, 0.15) is 37.3 Å². The van der Waals surface area contributed by atoms with Crippen LogP contribution in [0, 0.1) is 0 Å². The zero-order valence-corrected chi connectivity index (χ0v) is 12.9. The van der Waals surface area contributed by atoms with Gasteiger partial charge in [0.2, 0.25) is 5.91 Å². The molecule has 1 fully saturated rings. The molecule has 0 saturated carbocycles. The third-order valence-corrected chi connectivity index (χ3v) is 4.40. The van der Waals surface area contributed by atoms with Crippen molar-refractivity contribution >= 4 is 11.9 Å². The first-order chi connectivity index (χ1) is 10.4. The zero-order valence-electron chi connectivity index (χ0n) is 12.9. The van der Waals surface area contributed by atoms with Crippen molar-refractivity contribution in [2.24, 2.45) is 0 Å². The fourth-order valence-electron chi connectivity index (χ4n) is 2.69. The van der Waals surface area contributed by atoms with E-state index in [9.17, 15) is 14.7 Å². The predicted octanol–water partition coefficient (Wildman–Crippen LogP) is 1.62. The minimum atomic E-state index is -1.67. The molecule has 0 atom stereocenters. The number of hydrogen-bond acceptors (Lipinski definition) is 3. The average Bonchev–Trinajstić information content (AvgIpc) is 2.53. The highest BCUT2D eigenvalue weighted by molar-refractivity contribution is 5.79. The van der Waals surface area contributed by atoms with Gasteiger partial charge >= 0.3 is 5.97 Å². The van der Waals surface area contributed by atoms with Crippen molar-refractivity contribution in [1.29, 1.82) is 0 Å². The number of amides is 1. The number of carbonyl (C=O) groups excluding carboxylic acids is 1. The Morgan fingerprint density at radius 2 is 1.68 bits per heavy atom. The maximum absolute atomic E-state index is 12.2. The van der Waals surface area contributed by atoms with Gasteiger partial charge in [-0.1, -0.05) is 31.2 Å². The second-order valence-electron chi connectivity index (χ2n) is 5.89. The summed E-state index contributed by atoms with van der Waals surface area (Å²) in [6.07, 6.45) is 2.29. The molecule has 0 unspecified atom stereocenters. The molecule has 0 spiro atoms. The highest BCUT2D eigenvalue weighted by Crippen LogP contribution is 2.23. The van der Waals surface area contributed by atoms with Gasteiger partial charge in [0.05, 0.1) is 0 Å². The quantitative estimate of drug-likeness (QED) is 0.866. The molecule has 22 heavy (non-hydrogen) atoms. The van der Waals surface area contributed by atoms with Crippen LogP contribution < -0.4 is 0 Å². The highest BCUT2D eigenvalue weighted by Gasteiger charge is 2.40. The van der Waals surface area contributed by atoms with Gasteiger partial charge in [0.15, 0.2) is 5.60 Å². The summed E-state index contributed by atoms with van der Waals surface area (Å²) in [7, 11) is 0. The Bertz CT molecular complexity index is 530. The molecule has 0 radical (unpaired) electrons. The number of aryl methyl sites for hydroxylation is 2. The van der Waals surface area contributed by atoms with Gasteiger partial charge in [-0.3, -0.25) is 4.79 Å². The molecule has 5 heteroatoms. The van der Waals surface area contributed by atoms with Crippen LogP contribution in [-0.2, 0) is 22.4 Å². The van der Waals surface area contributed by atoms with E-state index >= 15 is 0 Å². The van der Waals surface area contributed by atoms with E-state index in [-0.39, 0.29) is 18.7 Å². The van der Waals surface area contributed by atoms with Gasteiger partial charge in [-0.05, 0) is 24.0 Å². The van der Waals surface area contributed by atoms with E-state index in [1.54, 1.807) is 4.90 Å². The Morgan fingerprint density at radius 1 is 1.14 bits per heavy atom. The largest absolute Gasteiger partial charge is 0.479 e. The van der Waals surface area contributed by atoms with Crippen LogP contribution in [0.5, 0.6) is 0 Å². The normalized spacial score (nSPS) is 17.3. The van der Waals surface area contributed by atoms with Gasteiger partial charge in [-0.25, -0.2) is 4.79 Å². The van der Waals surface area contributed by atoms with Crippen LogP contribution >= 0.6 is 0 Å². The second kappa shape index (κ2) is 6.92. The van der Waals surface area contributed by atoms with Gasteiger partial charge in [-0.2, -0.15) is 0 Å². The molecule has 5 nitrogen and oxygen atoms in total. The summed E-state index contributed by atoms with van der Waals surface area (Å²) in [5, 5.41) is 18.8. The molecule has 1 aliphatic heterocycles. The summed E-state index contributed by atoms with van der Waals surface area (Å²) in [5.74, 6) is -1.18. The van der Waals surface area contributed by atoms with Gasteiger partial charge in [0.1, 0.15) is 0 Å². The molecule has 0 aromatic heterocycles. The molecule has 1 aromatic carbocycles. The number of likely N-dealkylation sites (tertiary alicyclic amines) is 1. The molecular formula is C17H23NO4. The van der Waals surface area contributed by atoms with Crippen molar-refractivity contribution in [3.8, 4) is 0 Å². The third-order valence-electron chi connectivity index (χ3n) is 4.40. The van der Waals surface area contributed by atoms with Gasteiger partial charge < -0.3 is 15.1 Å². The minimum Gasteiger partial charge on any atom is -0.479 e. The number of carbonyl (C=O) groups is 2. The molecule has 1 aromatic rings. The van der Waals surface area contributed by atoms with E-state index in [1.807, 2.05) is 12.1 Å². The Labute approximate surface area is 130 Å². The Balaban J connectivity index is 1.82. The number of nitrogens with zero attached hydrogens (tertiary/aromatic N) is 1. The fourth-order valence-corrected chi connectivity index (χ4v) is 2.69. The summed E-state index contributed by atoms with van der Waals surface area (Å²) < 4.78 is 0. The molecule has 2 rings (SSSR count). The van der Waals surface area contributed by atoms with Gasteiger partial charge in [0.25, 0.3) is 0 Å². The predicted molar refractivity (Wildman–Crippen MR) is 82.5 cm³/mol. The van der Waals surface area contributed by atoms with Crippen LogP contribution in [0.4, 0.5) is 0 Å². The number of benzene rings is 1. The van der Waals surface area contributed by atoms with E-state index in [1.165, 1.54) is 5.56 Å². The lowest BCUT2D eigenvalue weighted by molar-refractivity contribution is -0.165. The number of aliphatic hydroxyl groups is 1. The summed E-state index contributed by atoms with van der Waals surface area (Å²) in [5.41, 5.74) is 0.732. The van der Waals surface area contributed by atoms with Crippen molar-refractivity contribution < 1.29 is 19.8 Å². The van der Waals surface area contributed by atoms with E-state index < -0.39 is 11.6 Å². The van der Waals surface area contributed by atoms with Crippen molar-refractivity contribution in [2.75, 3.05) is 13.1 Å². The molecule has 120 valence electrons. The maximum Gasteiger partial charge on any atom is 0.335 e. The summed E-state index contributed by atoms with van der Waals surface area (Å²) in [6, 6.07) is 8.25. The van der Waals surface area contributed by atoms with E-state index in [2.05, 4.69) is 19.1 Å². The lowest BCUT2D eigenvalue weighted by Gasteiger charge is -2.35. The topological polar surface area (TPSA) is 77.8 Å². The molecule has 2 N–H and O–H groups in total. The number of carboxylic acid groups (broad SMARTS) is 1. The first-order valence-electron chi connectivity index (χ1n) is 7.76. The summed E-state index contributed by atoms with van der Waals surface area (Å²) in [4.78, 5) is 24.8. The molecule has 1 heterocycles. The van der Waals surface area contributed by atoms with Gasteiger partial charge in [-0.15, -0.1) is 0 Å². The van der Waals surface area contributed by atoms with Crippen LogP contribution in [0.15, 0.2) is 24.3 Å². The fraction of sp³-hybridized carbons (Fsp3) is 0.529. The smallest absolute Gasteiger partial charge is 0.335 e. The number of aliphatic carboxylic acids is 1. The molecule has 1 aliphatic rings. The standard InChI is InChI=1S/C17H23NO4/c1-2-13-3-5-14(6-4-13)7-8-15(19)18-11-9-17(22,10-12-18)16(20)21/h3-6,22H,2,7-12H2,1H3,(H,20,21). The van der Waals surface area contributed by atoms with Crippen LogP contribution in [0.2, 0.25) is 0 Å². The monoisotopic (exact) mass is 305 g/mol. The lowest BCUT2D eigenvalue weighted by Crippen LogP contribution is -2.50. The third kappa shape index (κ3) is 3.85. The van der Waals surface area contributed by atoms with E-state index in [0.717, 1.165) is 12.0 Å².